The Balaban J connectivity index is 2.84. The van der Waals surface area contributed by atoms with Gasteiger partial charge in [-0.25, -0.2) is 4.98 Å². The molecular weight excluding hydrogens is 300 g/mol. The smallest absolute Gasteiger partial charge is 0.312 e. The number of rotatable bonds is 7. The van der Waals surface area contributed by atoms with Crippen molar-refractivity contribution in [1.82, 2.24) is 4.98 Å². The van der Waals surface area contributed by atoms with Crippen molar-refractivity contribution in [3.63, 3.8) is 0 Å². The second-order valence-electron chi connectivity index (χ2n) is 4.00. The summed E-state index contributed by atoms with van der Waals surface area (Å²) < 4.78 is 0.581. The number of nitrogens with one attached hydrogen (secondary N) is 1. The highest BCUT2D eigenvalue weighted by atomic mass is 79.9. The summed E-state index contributed by atoms with van der Waals surface area (Å²) in [5.41, 5.74) is 5.61. The Kier molecular flexibility index (Phi) is 6.00. The zero-order valence-electron chi connectivity index (χ0n) is 10.2. The van der Waals surface area contributed by atoms with Crippen molar-refractivity contribution in [2.45, 2.75) is 32.2 Å². The normalized spacial score (nSPS) is 12.2. The summed E-state index contributed by atoms with van der Waals surface area (Å²) in [6.07, 6.45) is 4.50. The van der Waals surface area contributed by atoms with Gasteiger partial charge in [-0.05, 0) is 22.4 Å². The number of nitrogens with zero attached hydrogens (tertiary/aromatic N) is 2. The van der Waals surface area contributed by atoms with Crippen molar-refractivity contribution >= 4 is 27.4 Å². The molecular formula is C11H17BrN4O2. The first-order chi connectivity index (χ1) is 8.58. The van der Waals surface area contributed by atoms with Gasteiger partial charge in [0.05, 0.1) is 4.92 Å². The van der Waals surface area contributed by atoms with Crippen LogP contribution in [0.1, 0.15) is 26.2 Å². The third-order valence-electron chi connectivity index (χ3n) is 2.56. The Morgan fingerprint density at radius 3 is 2.94 bits per heavy atom. The SMILES string of the molecule is CCCCC(CN)Nc1ncc(Br)cc1[N+](=O)[O-]. The molecule has 0 aliphatic heterocycles. The molecule has 0 spiro atoms. The zero-order chi connectivity index (χ0) is 13.5. The van der Waals surface area contributed by atoms with E-state index < -0.39 is 4.92 Å². The molecule has 0 saturated heterocycles. The lowest BCUT2D eigenvalue weighted by Crippen LogP contribution is -2.29. The maximum Gasteiger partial charge on any atom is 0.312 e. The van der Waals surface area contributed by atoms with Crippen molar-refractivity contribution in [3.8, 4) is 0 Å². The fourth-order valence-electron chi connectivity index (χ4n) is 1.57. The van der Waals surface area contributed by atoms with Crippen molar-refractivity contribution in [1.29, 1.82) is 0 Å². The van der Waals surface area contributed by atoms with E-state index in [2.05, 4.69) is 33.2 Å². The Labute approximate surface area is 114 Å². The van der Waals surface area contributed by atoms with E-state index in [1.54, 1.807) is 0 Å². The van der Waals surface area contributed by atoms with Gasteiger partial charge >= 0.3 is 5.69 Å². The molecule has 0 aliphatic carbocycles. The number of hydrogen-bond acceptors (Lipinski definition) is 5. The second-order valence-corrected chi connectivity index (χ2v) is 4.91. The molecule has 100 valence electrons. The molecule has 7 heteroatoms. The molecule has 0 saturated carbocycles. The largest absolute Gasteiger partial charge is 0.360 e. The maximum absolute atomic E-state index is 10.9. The van der Waals surface area contributed by atoms with Crippen molar-refractivity contribution in [2.75, 3.05) is 11.9 Å². The summed E-state index contributed by atoms with van der Waals surface area (Å²) >= 11 is 3.17. The van der Waals surface area contributed by atoms with Gasteiger partial charge in [-0.3, -0.25) is 10.1 Å². The lowest BCUT2D eigenvalue weighted by atomic mass is 10.1. The first-order valence-corrected chi connectivity index (χ1v) is 6.64. The Bertz CT molecular complexity index is 414. The lowest BCUT2D eigenvalue weighted by molar-refractivity contribution is -0.384. The number of hydrogen-bond donors (Lipinski definition) is 2. The van der Waals surface area contributed by atoms with E-state index >= 15 is 0 Å². The molecule has 6 nitrogen and oxygen atoms in total. The average molecular weight is 317 g/mol. The van der Waals surface area contributed by atoms with Crippen molar-refractivity contribution < 1.29 is 4.92 Å². The molecule has 1 aromatic rings. The standard InChI is InChI=1S/C11H17BrN4O2/c1-2-3-4-9(6-13)15-11-10(16(17)18)5-8(12)7-14-11/h5,7,9H,2-4,6,13H2,1H3,(H,14,15). The van der Waals surface area contributed by atoms with Gasteiger partial charge in [0, 0.05) is 29.3 Å². The zero-order valence-corrected chi connectivity index (χ0v) is 11.8. The van der Waals surface area contributed by atoms with Crippen LogP contribution in [0.4, 0.5) is 11.5 Å². The van der Waals surface area contributed by atoms with E-state index in [1.807, 2.05) is 0 Å². The molecule has 0 fully saturated rings. The number of anilines is 1. The van der Waals surface area contributed by atoms with Crippen LogP contribution in [0.3, 0.4) is 0 Å². The van der Waals surface area contributed by atoms with Gasteiger partial charge in [0.15, 0.2) is 0 Å². The summed E-state index contributed by atoms with van der Waals surface area (Å²) in [5.74, 6) is 0.273. The number of halogens is 1. The van der Waals surface area contributed by atoms with E-state index in [9.17, 15) is 10.1 Å². The summed E-state index contributed by atoms with van der Waals surface area (Å²) in [6.45, 7) is 2.52. The van der Waals surface area contributed by atoms with Gasteiger partial charge in [0.1, 0.15) is 0 Å². The predicted octanol–water partition coefficient (Wildman–Crippen LogP) is 2.68. The van der Waals surface area contributed by atoms with Crippen LogP contribution in [-0.2, 0) is 0 Å². The van der Waals surface area contributed by atoms with Gasteiger partial charge in [-0.1, -0.05) is 19.8 Å². The number of nitro groups is 1. The highest BCUT2D eigenvalue weighted by Crippen LogP contribution is 2.26. The molecule has 1 rings (SSSR count). The minimum absolute atomic E-state index is 0.0114. The van der Waals surface area contributed by atoms with Crippen LogP contribution < -0.4 is 11.1 Å². The molecule has 18 heavy (non-hydrogen) atoms. The fraction of sp³-hybridized carbons (Fsp3) is 0.545. The van der Waals surface area contributed by atoms with Gasteiger partial charge in [0.2, 0.25) is 5.82 Å². The highest BCUT2D eigenvalue weighted by Gasteiger charge is 2.18. The lowest BCUT2D eigenvalue weighted by Gasteiger charge is -2.16. The third-order valence-corrected chi connectivity index (χ3v) is 3.00. The minimum Gasteiger partial charge on any atom is -0.360 e. The third kappa shape index (κ3) is 4.23. The van der Waals surface area contributed by atoms with Crippen LogP contribution in [0.25, 0.3) is 0 Å². The number of nitrogens with two attached hydrogens (primary N) is 1. The molecule has 0 aromatic carbocycles. The molecule has 0 amide bonds. The van der Waals surface area contributed by atoms with E-state index in [4.69, 9.17) is 5.73 Å². The average Bonchev–Trinajstić information content (AvgIpc) is 2.35. The Morgan fingerprint density at radius 1 is 1.67 bits per heavy atom. The van der Waals surface area contributed by atoms with Crippen LogP contribution in [0.15, 0.2) is 16.7 Å². The van der Waals surface area contributed by atoms with E-state index in [0.717, 1.165) is 19.3 Å². The molecule has 0 radical (unpaired) electrons. The van der Waals surface area contributed by atoms with E-state index in [0.29, 0.717) is 11.0 Å². The van der Waals surface area contributed by atoms with Crippen LogP contribution in [0.2, 0.25) is 0 Å². The minimum atomic E-state index is -0.451. The highest BCUT2D eigenvalue weighted by molar-refractivity contribution is 9.10. The molecule has 1 unspecified atom stereocenters. The summed E-state index contributed by atoms with van der Waals surface area (Å²) in [4.78, 5) is 14.5. The summed E-state index contributed by atoms with van der Waals surface area (Å²) in [7, 11) is 0. The first kappa shape index (κ1) is 14.8. The van der Waals surface area contributed by atoms with Crippen LogP contribution in [0.5, 0.6) is 0 Å². The van der Waals surface area contributed by atoms with Crippen LogP contribution in [-0.4, -0.2) is 22.5 Å². The first-order valence-electron chi connectivity index (χ1n) is 5.85. The molecule has 1 atom stereocenters. The molecule has 1 aromatic heterocycles. The maximum atomic E-state index is 10.9. The fourth-order valence-corrected chi connectivity index (χ4v) is 1.89. The molecule has 3 N–H and O–H groups in total. The summed E-state index contributed by atoms with van der Waals surface area (Å²) in [6, 6.07) is 1.44. The molecule has 1 heterocycles. The number of unbranched alkanes of at least 4 members (excludes halogenated alkanes) is 1. The van der Waals surface area contributed by atoms with Crippen LogP contribution in [0, 0.1) is 10.1 Å². The number of aromatic nitrogens is 1. The van der Waals surface area contributed by atoms with Crippen molar-refractivity contribution in [2.24, 2.45) is 5.73 Å². The van der Waals surface area contributed by atoms with Crippen molar-refractivity contribution in [3.05, 3.63) is 26.9 Å². The monoisotopic (exact) mass is 316 g/mol. The predicted molar refractivity (Wildman–Crippen MR) is 74.6 cm³/mol. The summed E-state index contributed by atoms with van der Waals surface area (Å²) in [5, 5.41) is 14.0. The Hall–Kier alpha value is -1.21. The Morgan fingerprint density at radius 2 is 2.39 bits per heavy atom. The quantitative estimate of drug-likeness (QED) is 0.595. The van der Waals surface area contributed by atoms with Gasteiger partial charge in [-0.2, -0.15) is 0 Å². The van der Waals surface area contributed by atoms with Gasteiger partial charge in [-0.15, -0.1) is 0 Å². The molecule has 0 aliphatic rings. The van der Waals surface area contributed by atoms with Gasteiger partial charge in [0.25, 0.3) is 0 Å². The van der Waals surface area contributed by atoms with Gasteiger partial charge < -0.3 is 11.1 Å². The molecule has 0 bridgehead atoms. The number of pyridine rings is 1. The second kappa shape index (κ2) is 7.27. The van der Waals surface area contributed by atoms with E-state index in [-0.39, 0.29) is 17.5 Å². The van der Waals surface area contributed by atoms with Crippen LogP contribution >= 0.6 is 15.9 Å². The topological polar surface area (TPSA) is 94.1 Å². The van der Waals surface area contributed by atoms with E-state index in [1.165, 1.54) is 12.3 Å².